The predicted molar refractivity (Wildman–Crippen MR) is 143 cm³/mol. The van der Waals surface area contributed by atoms with Gasteiger partial charge in [0.1, 0.15) is 0 Å². The molecular formula is C30H36N2Si. The van der Waals surface area contributed by atoms with Crippen molar-refractivity contribution in [2.75, 3.05) is 0 Å². The Balaban J connectivity index is 1.97. The molecule has 170 valence electrons. The second-order valence-corrected chi connectivity index (χ2v) is 14.0. The van der Waals surface area contributed by atoms with Crippen molar-refractivity contribution in [3.63, 3.8) is 0 Å². The second-order valence-electron chi connectivity index (χ2n) is 10.1. The van der Waals surface area contributed by atoms with E-state index in [9.17, 15) is 0 Å². The van der Waals surface area contributed by atoms with Crippen molar-refractivity contribution >= 4 is 23.6 Å². The lowest BCUT2D eigenvalue weighted by atomic mass is 10.0. The van der Waals surface area contributed by atoms with Crippen molar-refractivity contribution in [2.24, 2.45) is 11.8 Å². The normalized spacial score (nSPS) is 11.9. The predicted octanol–water partition coefficient (Wildman–Crippen LogP) is 4.99. The number of imidazole rings is 1. The minimum absolute atomic E-state index is 0.635. The average molecular weight is 453 g/mol. The minimum Gasteiger partial charge on any atom is -0.339 e. The van der Waals surface area contributed by atoms with Crippen LogP contribution in [0.1, 0.15) is 38.8 Å². The molecule has 3 aromatic carbocycles. The molecule has 33 heavy (non-hydrogen) atoms. The number of aromatic nitrogens is 2. The van der Waals surface area contributed by atoms with Crippen LogP contribution in [0.2, 0.25) is 0 Å². The average Bonchev–Trinajstić information content (AvgIpc) is 3.31. The Morgan fingerprint density at radius 1 is 0.697 bits per heavy atom. The van der Waals surface area contributed by atoms with E-state index in [1.807, 2.05) is 12.5 Å². The van der Waals surface area contributed by atoms with Gasteiger partial charge in [0.2, 0.25) is 0 Å². The lowest BCUT2D eigenvalue weighted by molar-refractivity contribution is 0.647. The Hall–Kier alpha value is -2.91. The third-order valence-corrected chi connectivity index (χ3v) is 11.1. The summed E-state index contributed by atoms with van der Waals surface area (Å²) in [5, 5.41) is 4.39. The molecule has 0 spiro atoms. The van der Waals surface area contributed by atoms with Gasteiger partial charge >= 0.3 is 0 Å². The first kappa shape index (κ1) is 23.3. The fourth-order valence-corrected chi connectivity index (χ4v) is 9.69. The molecule has 4 aromatic rings. The van der Waals surface area contributed by atoms with E-state index in [1.165, 1.54) is 26.7 Å². The molecule has 0 N–H and O–H groups in total. The number of rotatable bonds is 9. The zero-order chi connectivity index (χ0) is 23.3. The molecular weight excluding hydrogens is 416 g/mol. The van der Waals surface area contributed by atoms with Crippen LogP contribution in [-0.2, 0) is 19.0 Å². The van der Waals surface area contributed by atoms with Crippen LogP contribution in [0.25, 0.3) is 0 Å². The molecule has 0 atom stereocenters. The Morgan fingerprint density at radius 3 is 1.73 bits per heavy atom. The first-order valence-corrected chi connectivity index (χ1v) is 14.4. The number of nitrogens with zero attached hydrogens (tertiary/aromatic N) is 2. The summed E-state index contributed by atoms with van der Waals surface area (Å²) in [5.74, 6) is 1.27. The lowest BCUT2D eigenvalue weighted by Crippen LogP contribution is -2.69. The van der Waals surface area contributed by atoms with Crippen LogP contribution in [0, 0.1) is 11.8 Å². The Labute approximate surface area is 200 Å². The molecule has 0 saturated heterocycles. The zero-order valence-corrected chi connectivity index (χ0v) is 21.4. The second kappa shape index (κ2) is 10.3. The smallest absolute Gasteiger partial charge is 0.168 e. The van der Waals surface area contributed by atoms with E-state index in [1.54, 1.807) is 0 Å². The number of hydrogen-bond donors (Lipinski definition) is 0. The van der Waals surface area contributed by atoms with Crippen LogP contribution >= 0.6 is 0 Å². The molecule has 1 heterocycles. The molecule has 0 aliphatic carbocycles. The van der Waals surface area contributed by atoms with Gasteiger partial charge in [-0.2, -0.15) is 0 Å². The van der Waals surface area contributed by atoms with Gasteiger partial charge in [-0.25, -0.2) is 4.98 Å². The lowest BCUT2D eigenvalue weighted by Gasteiger charge is -2.35. The summed E-state index contributed by atoms with van der Waals surface area (Å²) in [6, 6.07) is 30.0. The third kappa shape index (κ3) is 5.36. The molecule has 4 rings (SSSR count). The first-order valence-electron chi connectivity index (χ1n) is 12.2. The summed E-state index contributed by atoms with van der Waals surface area (Å²) in [4.78, 5) is 4.39. The van der Waals surface area contributed by atoms with Gasteiger partial charge in [0.15, 0.2) is 8.07 Å². The van der Waals surface area contributed by atoms with Crippen LogP contribution in [0.15, 0.2) is 97.6 Å². The number of hydrogen-bond acceptors (Lipinski definition) is 1. The molecule has 2 nitrogen and oxygen atoms in total. The minimum atomic E-state index is -2.37. The van der Waals surface area contributed by atoms with Crippen LogP contribution in [0.3, 0.4) is 0 Å². The molecule has 0 bridgehead atoms. The SMILES string of the molecule is CC(C)Cc1cccc([Si](Cn2ccnc2)(c2ccccc2)c2cccc(CC(C)C)c2)c1. The van der Waals surface area contributed by atoms with E-state index in [0.29, 0.717) is 11.8 Å². The highest BCUT2D eigenvalue weighted by molar-refractivity contribution is 7.10. The molecule has 0 aliphatic rings. The van der Waals surface area contributed by atoms with Crippen LogP contribution < -0.4 is 15.6 Å². The standard InChI is InChI=1S/C30H36N2Si/c1-24(2)18-26-10-8-14-29(20-26)33(23-32-17-16-31-22-32,28-12-6-5-7-13-28)30-15-9-11-27(21-30)19-25(3)4/h5-17,20-22,24-25H,18-19,23H2,1-4H3. The quantitative estimate of drug-likeness (QED) is 0.258. The summed E-state index contributed by atoms with van der Waals surface area (Å²) in [6.07, 6.45) is 9.13. The van der Waals surface area contributed by atoms with Gasteiger partial charge in [-0.3, -0.25) is 0 Å². The molecule has 3 heteroatoms. The van der Waals surface area contributed by atoms with Crippen LogP contribution in [0.4, 0.5) is 0 Å². The molecule has 0 saturated carbocycles. The van der Waals surface area contributed by atoms with Gasteiger partial charge in [-0.1, -0.05) is 107 Å². The Kier molecular flexibility index (Phi) is 7.29. The zero-order valence-electron chi connectivity index (χ0n) is 20.4. The molecule has 1 aromatic heterocycles. The summed E-state index contributed by atoms with van der Waals surface area (Å²) in [5.41, 5.74) is 2.86. The van der Waals surface area contributed by atoms with E-state index in [0.717, 1.165) is 19.0 Å². The summed E-state index contributed by atoms with van der Waals surface area (Å²) in [7, 11) is -2.37. The topological polar surface area (TPSA) is 17.8 Å². The van der Waals surface area contributed by atoms with Gasteiger partial charge in [0, 0.05) is 18.6 Å². The highest BCUT2D eigenvalue weighted by Gasteiger charge is 2.40. The van der Waals surface area contributed by atoms with Crippen molar-refractivity contribution in [3.8, 4) is 0 Å². The molecule has 0 amide bonds. The fourth-order valence-electron chi connectivity index (χ4n) is 5.02. The highest BCUT2D eigenvalue weighted by atomic mass is 28.3. The maximum Gasteiger partial charge on any atom is 0.168 e. The molecule has 0 fully saturated rings. The number of benzene rings is 3. The summed E-state index contributed by atoms with van der Waals surface area (Å²) < 4.78 is 2.28. The van der Waals surface area contributed by atoms with Gasteiger partial charge in [-0.15, -0.1) is 0 Å². The first-order chi connectivity index (χ1) is 16.0. The maximum absolute atomic E-state index is 4.39. The van der Waals surface area contributed by atoms with Crippen molar-refractivity contribution in [3.05, 3.63) is 109 Å². The monoisotopic (exact) mass is 452 g/mol. The van der Waals surface area contributed by atoms with Crippen molar-refractivity contribution in [1.29, 1.82) is 0 Å². The molecule has 0 aliphatic heterocycles. The van der Waals surface area contributed by atoms with E-state index in [4.69, 9.17) is 0 Å². The van der Waals surface area contributed by atoms with E-state index >= 15 is 0 Å². The van der Waals surface area contributed by atoms with E-state index < -0.39 is 8.07 Å². The van der Waals surface area contributed by atoms with E-state index in [2.05, 4.69) is 122 Å². The van der Waals surface area contributed by atoms with E-state index in [-0.39, 0.29) is 0 Å². The van der Waals surface area contributed by atoms with Crippen LogP contribution in [0.5, 0.6) is 0 Å². The van der Waals surface area contributed by atoms with Crippen molar-refractivity contribution in [1.82, 2.24) is 9.55 Å². The Morgan fingerprint density at radius 2 is 1.24 bits per heavy atom. The van der Waals surface area contributed by atoms with Crippen LogP contribution in [-0.4, -0.2) is 17.6 Å². The van der Waals surface area contributed by atoms with Gasteiger partial charge in [0.05, 0.1) is 6.33 Å². The third-order valence-electron chi connectivity index (χ3n) is 6.37. The summed E-state index contributed by atoms with van der Waals surface area (Å²) >= 11 is 0. The Bertz CT molecular complexity index is 1090. The largest absolute Gasteiger partial charge is 0.339 e. The van der Waals surface area contributed by atoms with Gasteiger partial charge in [0.25, 0.3) is 0 Å². The molecule has 0 radical (unpaired) electrons. The van der Waals surface area contributed by atoms with Crippen molar-refractivity contribution in [2.45, 2.75) is 46.7 Å². The van der Waals surface area contributed by atoms with Gasteiger partial charge < -0.3 is 4.57 Å². The van der Waals surface area contributed by atoms with Gasteiger partial charge in [-0.05, 0) is 51.4 Å². The maximum atomic E-state index is 4.39. The summed E-state index contributed by atoms with van der Waals surface area (Å²) in [6.45, 7) is 9.20. The highest BCUT2D eigenvalue weighted by Crippen LogP contribution is 2.16. The molecule has 0 unspecified atom stereocenters. The van der Waals surface area contributed by atoms with Crippen molar-refractivity contribution < 1.29 is 0 Å². The fraction of sp³-hybridized carbons (Fsp3) is 0.300.